The Labute approximate surface area is 186 Å². The van der Waals surface area contributed by atoms with Crippen LogP contribution in [0.15, 0.2) is 54.7 Å². The van der Waals surface area contributed by atoms with Crippen molar-refractivity contribution in [3.63, 3.8) is 0 Å². The van der Waals surface area contributed by atoms with Crippen LogP contribution in [0.4, 0.5) is 11.4 Å². The van der Waals surface area contributed by atoms with Crippen molar-refractivity contribution in [3.05, 3.63) is 66.0 Å². The van der Waals surface area contributed by atoms with Crippen molar-refractivity contribution in [3.8, 4) is 23.0 Å². The Hall–Kier alpha value is -3.94. The molecule has 0 unspecified atom stereocenters. The van der Waals surface area contributed by atoms with Gasteiger partial charge >= 0.3 is 0 Å². The van der Waals surface area contributed by atoms with Crippen LogP contribution in [0.25, 0.3) is 0 Å². The predicted octanol–water partition coefficient (Wildman–Crippen LogP) is 4.28. The zero-order chi connectivity index (χ0) is 22.7. The normalized spacial score (nSPS) is 14.7. The highest BCUT2D eigenvalue weighted by Gasteiger charge is 2.39. The van der Waals surface area contributed by atoms with Crippen LogP contribution in [0.1, 0.15) is 29.1 Å². The molecule has 8 heteroatoms. The predicted molar refractivity (Wildman–Crippen MR) is 121 cm³/mol. The second-order valence-corrected chi connectivity index (χ2v) is 7.00. The van der Waals surface area contributed by atoms with Crippen LogP contribution in [0.2, 0.25) is 0 Å². The lowest BCUT2D eigenvalue weighted by atomic mass is 10.2. The maximum atomic E-state index is 13.3. The van der Waals surface area contributed by atoms with Crippen molar-refractivity contribution < 1.29 is 23.7 Å². The Bertz CT molecular complexity index is 1090. The van der Waals surface area contributed by atoms with Crippen LogP contribution in [0.5, 0.6) is 23.0 Å². The summed E-state index contributed by atoms with van der Waals surface area (Å²) in [5.41, 5.74) is 2.60. The number of fused-ring (bicyclic) bond motifs is 1. The summed E-state index contributed by atoms with van der Waals surface area (Å²) >= 11 is 0. The Morgan fingerprint density at radius 3 is 2.28 bits per heavy atom. The van der Waals surface area contributed by atoms with Crippen LogP contribution in [0, 0.1) is 0 Å². The minimum absolute atomic E-state index is 0.137. The number of nitrogens with zero attached hydrogens (tertiary/aromatic N) is 2. The Morgan fingerprint density at radius 2 is 1.69 bits per heavy atom. The fourth-order valence-electron chi connectivity index (χ4n) is 3.78. The van der Waals surface area contributed by atoms with Gasteiger partial charge in [-0.15, -0.1) is 0 Å². The summed E-state index contributed by atoms with van der Waals surface area (Å²) in [4.78, 5) is 19.5. The first-order valence-corrected chi connectivity index (χ1v) is 10.2. The number of hydrogen-bond donors (Lipinski definition) is 1. The maximum absolute atomic E-state index is 13.3. The van der Waals surface area contributed by atoms with E-state index in [-0.39, 0.29) is 5.91 Å². The first kappa shape index (κ1) is 21.3. The number of rotatable bonds is 8. The minimum Gasteiger partial charge on any atom is -0.494 e. The van der Waals surface area contributed by atoms with E-state index in [1.165, 1.54) is 0 Å². The van der Waals surface area contributed by atoms with Gasteiger partial charge in [0.25, 0.3) is 5.91 Å². The molecule has 2 aromatic carbocycles. The van der Waals surface area contributed by atoms with Gasteiger partial charge in [-0.3, -0.25) is 14.7 Å². The number of pyridine rings is 1. The molecule has 0 fully saturated rings. The number of carbonyl (C=O) groups is 1. The van der Waals surface area contributed by atoms with E-state index in [9.17, 15) is 4.79 Å². The van der Waals surface area contributed by atoms with E-state index in [0.717, 1.165) is 11.4 Å². The fourth-order valence-corrected chi connectivity index (χ4v) is 3.78. The molecule has 0 radical (unpaired) electrons. The monoisotopic (exact) mass is 435 g/mol. The average molecular weight is 435 g/mol. The van der Waals surface area contributed by atoms with Gasteiger partial charge < -0.3 is 24.3 Å². The number of nitrogens with one attached hydrogen (secondary N) is 1. The highest BCUT2D eigenvalue weighted by Crippen LogP contribution is 2.43. The summed E-state index contributed by atoms with van der Waals surface area (Å²) in [6.07, 6.45) is 1.15. The molecule has 0 saturated carbocycles. The van der Waals surface area contributed by atoms with E-state index in [1.54, 1.807) is 56.7 Å². The lowest BCUT2D eigenvalue weighted by Gasteiger charge is -2.27. The zero-order valence-electron chi connectivity index (χ0n) is 18.4. The number of benzene rings is 2. The number of aromatic nitrogens is 1. The van der Waals surface area contributed by atoms with Gasteiger partial charge in [0.2, 0.25) is 5.75 Å². The van der Waals surface area contributed by atoms with Crippen LogP contribution >= 0.6 is 0 Å². The van der Waals surface area contributed by atoms with Gasteiger partial charge in [-0.1, -0.05) is 0 Å². The molecule has 3 aromatic rings. The maximum Gasteiger partial charge on any atom is 0.262 e. The molecule has 1 atom stereocenters. The second-order valence-electron chi connectivity index (χ2n) is 7.00. The molecule has 0 spiro atoms. The van der Waals surface area contributed by atoms with E-state index in [2.05, 4.69) is 10.3 Å². The van der Waals surface area contributed by atoms with Crippen molar-refractivity contribution in [1.82, 2.24) is 4.98 Å². The van der Waals surface area contributed by atoms with E-state index in [1.807, 2.05) is 31.2 Å². The van der Waals surface area contributed by atoms with E-state index < -0.39 is 6.17 Å². The highest BCUT2D eigenvalue weighted by molar-refractivity contribution is 6.11. The van der Waals surface area contributed by atoms with Crippen molar-refractivity contribution in [2.45, 2.75) is 13.1 Å². The molecule has 0 saturated heterocycles. The van der Waals surface area contributed by atoms with Crippen molar-refractivity contribution in [2.75, 3.05) is 38.2 Å². The first-order chi connectivity index (χ1) is 15.6. The standard InChI is InChI=1S/C24H25N3O5/c1-5-32-17-10-8-16(9-11-17)27-23(21-18(24(27)28)7-6-12-25-21)26-15-13-19(29-2)22(31-4)20(14-15)30-3/h6-14,23,26H,5H2,1-4H3/t23-/m1/s1. The van der Waals surface area contributed by atoms with Gasteiger partial charge in [0.15, 0.2) is 17.7 Å². The molecule has 1 amide bonds. The Morgan fingerprint density at radius 1 is 1.00 bits per heavy atom. The summed E-state index contributed by atoms with van der Waals surface area (Å²) in [6, 6.07) is 14.5. The quantitative estimate of drug-likeness (QED) is 0.566. The number of anilines is 2. The zero-order valence-corrected chi connectivity index (χ0v) is 18.4. The fraction of sp³-hybridized carbons (Fsp3) is 0.250. The third-order valence-electron chi connectivity index (χ3n) is 5.20. The molecule has 1 N–H and O–H groups in total. The van der Waals surface area contributed by atoms with Gasteiger partial charge in [-0.25, -0.2) is 0 Å². The molecule has 166 valence electrons. The third-order valence-corrected chi connectivity index (χ3v) is 5.20. The second kappa shape index (κ2) is 9.05. The molecule has 32 heavy (non-hydrogen) atoms. The third kappa shape index (κ3) is 3.75. The molecule has 8 nitrogen and oxygen atoms in total. The summed E-state index contributed by atoms with van der Waals surface area (Å²) in [7, 11) is 4.67. The molecular formula is C24H25N3O5. The lowest BCUT2D eigenvalue weighted by Crippen LogP contribution is -2.32. The van der Waals surface area contributed by atoms with Crippen molar-refractivity contribution in [1.29, 1.82) is 0 Å². The Kier molecular flexibility index (Phi) is 6.02. The molecular weight excluding hydrogens is 410 g/mol. The molecule has 1 aliphatic heterocycles. The number of ether oxygens (including phenoxy) is 4. The number of hydrogen-bond acceptors (Lipinski definition) is 7. The summed E-state index contributed by atoms with van der Waals surface area (Å²) < 4.78 is 21.9. The molecule has 1 aliphatic rings. The van der Waals surface area contributed by atoms with Crippen molar-refractivity contribution >= 4 is 17.3 Å². The molecule has 0 aliphatic carbocycles. The lowest BCUT2D eigenvalue weighted by molar-refractivity contribution is 0.0993. The largest absolute Gasteiger partial charge is 0.494 e. The average Bonchev–Trinajstić information content (AvgIpc) is 3.10. The molecule has 4 rings (SSSR count). The van der Waals surface area contributed by atoms with Gasteiger partial charge in [-0.2, -0.15) is 0 Å². The van der Waals surface area contributed by atoms with Crippen LogP contribution < -0.4 is 29.2 Å². The van der Waals surface area contributed by atoms with Gasteiger partial charge in [0.05, 0.1) is 39.2 Å². The van der Waals surface area contributed by atoms with Gasteiger partial charge in [0.1, 0.15) is 5.75 Å². The summed E-state index contributed by atoms with van der Waals surface area (Å²) in [6.45, 7) is 2.50. The topological polar surface area (TPSA) is 82.2 Å². The van der Waals surface area contributed by atoms with Crippen LogP contribution in [-0.2, 0) is 0 Å². The minimum atomic E-state index is -0.528. The highest BCUT2D eigenvalue weighted by atomic mass is 16.5. The summed E-state index contributed by atoms with van der Waals surface area (Å²) in [5, 5.41) is 3.41. The Balaban J connectivity index is 1.75. The smallest absolute Gasteiger partial charge is 0.262 e. The summed E-state index contributed by atoms with van der Waals surface area (Å²) in [5.74, 6) is 2.11. The van der Waals surface area contributed by atoms with E-state index in [4.69, 9.17) is 18.9 Å². The molecule has 2 heterocycles. The van der Waals surface area contributed by atoms with Crippen LogP contribution in [-0.4, -0.2) is 38.8 Å². The number of methoxy groups -OCH3 is 3. The van der Waals surface area contributed by atoms with Crippen LogP contribution in [0.3, 0.4) is 0 Å². The van der Waals surface area contributed by atoms with Gasteiger partial charge in [-0.05, 0) is 43.3 Å². The van der Waals surface area contributed by atoms with E-state index in [0.29, 0.717) is 40.8 Å². The van der Waals surface area contributed by atoms with E-state index >= 15 is 0 Å². The van der Waals surface area contributed by atoms with Crippen molar-refractivity contribution in [2.24, 2.45) is 0 Å². The molecule has 1 aromatic heterocycles. The number of amides is 1. The SMILES string of the molecule is CCOc1ccc(N2C(=O)c3cccnc3[C@@H]2Nc2cc(OC)c(OC)c(OC)c2)cc1. The first-order valence-electron chi connectivity index (χ1n) is 10.2. The molecule has 0 bridgehead atoms. The van der Waals surface area contributed by atoms with Gasteiger partial charge in [0, 0.05) is 29.7 Å². The number of carbonyl (C=O) groups excluding carboxylic acids is 1.